The van der Waals surface area contributed by atoms with E-state index in [0.717, 1.165) is 38.7 Å². The molecule has 2 amide bonds. The van der Waals surface area contributed by atoms with Gasteiger partial charge in [-0.1, -0.05) is 31.2 Å². The van der Waals surface area contributed by atoms with E-state index < -0.39 is 0 Å². The first kappa shape index (κ1) is 26.3. The van der Waals surface area contributed by atoms with Gasteiger partial charge in [0, 0.05) is 42.9 Å². The Morgan fingerprint density at radius 1 is 1.22 bits per heavy atom. The minimum Gasteiger partial charge on any atom is -0.493 e. The maximum Gasteiger partial charge on any atom is 0.410 e. The third kappa shape index (κ3) is 6.95. The number of benzene rings is 1. The van der Waals surface area contributed by atoms with Crippen LogP contribution in [0, 0.1) is 0 Å². The Morgan fingerprint density at radius 3 is 2.84 bits per heavy atom. The number of anilines is 1. The zero-order valence-corrected chi connectivity index (χ0v) is 22.1. The summed E-state index contributed by atoms with van der Waals surface area (Å²) < 4.78 is 11.3. The first-order valence-corrected chi connectivity index (χ1v) is 13.3. The lowest BCUT2D eigenvalue weighted by atomic mass is 10.0. The minimum absolute atomic E-state index is 0.0683. The average Bonchev–Trinajstić information content (AvgIpc) is 3.26. The van der Waals surface area contributed by atoms with Crippen molar-refractivity contribution in [1.82, 2.24) is 9.88 Å². The molecule has 0 spiro atoms. The molecule has 0 saturated heterocycles. The number of amides is 2. The van der Waals surface area contributed by atoms with Gasteiger partial charge >= 0.3 is 6.09 Å². The Hall–Kier alpha value is -3.72. The molecule has 1 aromatic carbocycles. The molecule has 37 heavy (non-hydrogen) atoms. The second kappa shape index (κ2) is 13.0. The number of thiophene rings is 1. The zero-order chi connectivity index (χ0) is 26.0. The summed E-state index contributed by atoms with van der Waals surface area (Å²) >= 11 is 1.49. The van der Waals surface area contributed by atoms with Gasteiger partial charge in [0.25, 0.3) is 0 Å². The smallest absolute Gasteiger partial charge is 0.410 e. The van der Waals surface area contributed by atoms with E-state index in [9.17, 15) is 9.59 Å². The molecule has 0 atom stereocenters. The summed E-state index contributed by atoms with van der Waals surface area (Å²) in [6.45, 7) is 3.83. The molecule has 0 bridgehead atoms. The first-order valence-electron chi connectivity index (χ1n) is 12.5. The van der Waals surface area contributed by atoms with E-state index in [1.54, 1.807) is 24.4 Å². The quantitative estimate of drug-likeness (QED) is 0.369. The number of carbonyl (C=O) groups is 2. The number of aromatic nitrogens is 1. The molecule has 4 rings (SSSR count). The number of rotatable bonds is 10. The van der Waals surface area contributed by atoms with Crippen LogP contribution >= 0.6 is 11.3 Å². The van der Waals surface area contributed by atoms with Crippen LogP contribution in [0.5, 0.6) is 5.75 Å². The van der Waals surface area contributed by atoms with Crippen molar-refractivity contribution in [1.29, 1.82) is 0 Å². The van der Waals surface area contributed by atoms with Crippen molar-refractivity contribution in [3.8, 4) is 5.75 Å². The molecule has 0 saturated carbocycles. The van der Waals surface area contributed by atoms with Gasteiger partial charge in [-0.2, -0.15) is 0 Å². The molecular weight excluding hydrogens is 488 g/mol. The van der Waals surface area contributed by atoms with Gasteiger partial charge in [0.05, 0.1) is 18.8 Å². The van der Waals surface area contributed by atoms with Crippen LogP contribution in [0.4, 0.5) is 9.80 Å². The third-order valence-corrected chi connectivity index (χ3v) is 7.14. The summed E-state index contributed by atoms with van der Waals surface area (Å²) in [5.41, 5.74) is 3.77. The summed E-state index contributed by atoms with van der Waals surface area (Å²) in [5.74, 6) is 0.763. The summed E-state index contributed by atoms with van der Waals surface area (Å²) in [5, 5.41) is 3.84. The second-order valence-corrected chi connectivity index (χ2v) is 9.79. The van der Waals surface area contributed by atoms with E-state index in [-0.39, 0.29) is 18.6 Å². The lowest BCUT2D eigenvalue weighted by Crippen LogP contribution is -2.35. The largest absolute Gasteiger partial charge is 0.493 e. The van der Waals surface area contributed by atoms with Crippen LogP contribution in [0.1, 0.15) is 47.0 Å². The highest BCUT2D eigenvalue weighted by Crippen LogP contribution is 2.36. The molecule has 194 valence electrons. The standard InChI is InChI=1S/C28H32N4O4S/c1-3-16-35-24-10-5-4-8-20(24)11-12-26(33)31-27-23(17-29-2)22-13-15-32(18-25(22)37-27)28(34)36-19-21-9-6-7-14-30-21/h4-10,14,17H,3,11-13,15-16,18-19H2,1-2H3,(H,31,33). The fourth-order valence-electron chi connectivity index (χ4n) is 4.15. The number of para-hydroxylation sites is 1. The van der Waals surface area contributed by atoms with Gasteiger partial charge in [0.1, 0.15) is 17.4 Å². The monoisotopic (exact) mass is 520 g/mol. The molecule has 0 aliphatic carbocycles. The molecule has 1 N–H and O–H groups in total. The van der Waals surface area contributed by atoms with Crippen LogP contribution < -0.4 is 10.1 Å². The van der Waals surface area contributed by atoms with Gasteiger partial charge in [-0.05, 0) is 48.6 Å². The lowest BCUT2D eigenvalue weighted by Gasteiger charge is -2.26. The molecule has 1 aliphatic heterocycles. The summed E-state index contributed by atoms with van der Waals surface area (Å²) in [4.78, 5) is 36.7. The predicted octanol–water partition coefficient (Wildman–Crippen LogP) is 5.25. The number of aliphatic imine (C=N–C) groups is 1. The van der Waals surface area contributed by atoms with Crippen molar-refractivity contribution in [3.05, 3.63) is 75.9 Å². The van der Waals surface area contributed by atoms with Crippen LogP contribution in [-0.2, 0) is 35.5 Å². The summed E-state index contributed by atoms with van der Waals surface area (Å²) in [6.07, 6.45) is 5.61. The number of ether oxygens (including phenoxy) is 2. The van der Waals surface area contributed by atoms with Gasteiger partial charge in [0.2, 0.25) is 5.91 Å². The van der Waals surface area contributed by atoms with E-state index in [1.807, 2.05) is 42.5 Å². The third-order valence-electron chi connectivity index (χ3n) is 5.99. The molecule has 8 nitrogen and oxygen atoms in total. The van der Waals surface area contributed by atoms with Gasteiger partial charge < -0.3 is 19.7 Å². The Balaban J connectivity index is 1.39. The summed E-state index contributed by atoms with van der Waals surface area (Å²) in [7, 11) is 1.72. The molecule has 0 radical (unpaired) electrons. The molecule has 9 heteroatoms. The Labute approximate surface area is 221 Å². The van der Waals surface area contributed by atoms with Crippen LogP contribution in [-0.4, -0.2) is 48.3 Å². The van der Waals surface area contributed by atoms with Crippen LogP contribution in [0.3, 0.4) is 0 Å². The van der Waals surface area contributed by atoms with Gasteiger partial charge in [-0.15, -0.1) is 11.3 Å². The second-order valence-electron chi connectivity index (χ2n) is 8.69. The fraction of sp³-hybridized carbons (Fsp3) is 0.357. The van der Waals surface area contributed by atoms with E-state index >= 15 is 0 Å². The Morgan fingerprint density at radius 2 is 2.05 bits per heavy atom. The Bertz CT molecular complexity index is 1240. The summed E-state index contributed by atoms with van der Waals surface area (Å²) in [6, 6.07) is 13.4. The van der Waals surface area contributed by atoms with Crippen molar-refractivity contribution < 1.29 is 19.1 Å². The Kier molecular flexibility index (Phi) is 9.26. The van der Waals surface area contributed by atoms with Crippen LogP contribution in [0.15, 0.2) is 53.7 Å². The molecule has 3 aromatic rings. The predicted molar refractivity (Wildman–Crippen MR) is 146 cm³/mol. The van der Waals surface area contributed by atoms with E-state index in [4.69, 9.17) is 9.47 Å². The van der Waals surface area contributed by atoms with Crippen molar-refractivity contribution in [2.24, 2.45) is 4.99 Å². The number of hydrogen-bond donors (Lipinski definition) is 1. The first-order chi connectivity index (χ1) is 18.1. The van der Waals surface area contributed by atoms with Gasteiger partial charge in [-0.25, -0.2) is 4.79 Å². The highest BCUT2D eigenvalue weighted by Gasteiger charge is 2.27. The highest BCUT2D eigenvalue weighted by atomic mass is 32.1. The maximum absolute atomic E-state index is 12.9. The number of aryl methyl sites for hydroxylation is 1. The van der Waals surface area contributed by atoms with Crippen molar-refractivity contribution in [3.63, 3.8) is 0 Å². The topological polar surface area (TPSA) is 93.1 Å². The number of pyridine rings is 1. The molecule has 1 aliphatic rings. The molecule has 2 aromatic heterocycles. The number of fused-ring (bicyclic) bond motifs is 1. The number of nitrogens with zero attached hydrogens (tertiary/aromatic N) is 3. The molecular formula is C28H32N4O4S. The molecule has 0 fully saturated rings. The average molecular weight is 521 g/mol. The minimum atomic E-state index is -0.370. The number of nitrogens with one attached hydrogen (secondary N) is 1. The lowest BCUT2D eigenvalue weighted by molar-refractivity contribution is -0.116. The highest BCUT2D eigenvalue weighted by molar-refractivity contribution is 7.16. The van der Waals surface area contributed by atoms with Crippen molar-refractivity contribution in [2.45, 2.75) is 45.8 Å². The normalized spacial score (nSPS) is 12.9. The van der Waals surface area contributed by atoms with Crippen molar-refractivity contribution >= 4 is 34.6 Å². The molecule has 0 unspecified atom stereocenters. The number of hydrogen-bond acceptors (Lipinski definition) is 7. The maximum atomic E-state index is 12.9. The fourth-order valence-corrected chi connectivity index (χ4v) is 5.41. The van der Waals surface area contributed by atoms with E-state index in [0.29, 0.717) is 44.7 Å². The SMILES string of the molecule is CCCOc1ccccc1CCC(=O)Nc1sc2c(c1C=NC)CCN(C(=O)OCc1ccccn1)C2. The zero-order valence-electron chi connectivity index (χ0n) is 21.2. The number of carbonyl (C=O) groups excluding carboxylic acids is 2. The van der Waals surface area contributed by atoms with E-state index in [1.165, 1.54) is 11.3 Å². The van der Waals surface area contributed by atoms with Gasteiger partial charge in [0.15, 0.2) is 0 Å². The van der Waals surface area contributed by atoms with Crippen LogP contribution in [0.25, 0.3) is 0 Å². The van der Waals surface area contributed by atoms with Crippen LogP contribution in [0.2, 0.25) is 0 Å². The van der Waals surface area contributed by atoms with Crippen molar-refractivity contribution in [2.75, 3.05) is 25.5 Å². The molecule has 3 heterocycles. The van der Waals surface area contributed by atoms with Gasteiger partial charge in [-0.3, -0.25) is 14.8 Å². The van der Waals surface area contributed by atoms with E-state index in [2.05, 4.69) is 22.2 Å².